The van der Waals surface area contributed by atoms with E-state index in [1.54, 1.807) is 0 Å². The number of halogens is 1. The minimum absolute atomic E-state index is 0.342. The molecule has 6 heteroatoms. The summed E-state index contributed by atoms with van der Waals surface area (Å²) < 4.78 is 11.2. The lowest BCUT2D eigenvalue weighted by atomic mass is 10.3. The normalized spacial score (nSPS) is 10.3. The van der Waals surface area contributed by atoms with E-state index >= 15 is 0 Å². The first kappa shape index (κ1) is 13.1. The molecule has 0 saturated carbocycles. The molecule has 0 atom stereocenters. The fourth-order valence-corrected chi connectivity index (χ4v) is 2.06. The summed E-state index contributed by atoms with van der Waals surface area (Å²) in [6, 6.07) is 7.50. The van der Waals surface area contributed by atoms with Crippen molar-refractivity contribution < 1.29 is 9.47 Å². The Kier molecular flexibility index (Phi) is 4.78. The molecule has 0 N–H and O–H groups in total. The van der Waals surface area contributed by atoms with Gasteiger partial charge in [-0.2, -0.15) is 0 Å². The van der Waals surface area contributed by atoms with E-state index in [9.17, 15) is 0 Å². The number of hydrogen-bond acceptors (Lipinski definition) is 5. The highest BCUT2D eigenvalue weighted by atomic mass is 35.5. The van der Waals surface area contributed by atoms with Gasteiger partial charge in [0.2, 0.25) is 0 Å². The summed E-state index contributed by atoms with van der Waals surface area (Å²) in [5.74, 6) is 1.69. The molecule has 0 aliphatic rings. The van der Waals surface area contributed by atoms with Crippen LogP contribution in [0.4, 0.5) is 0 Å². The Morgan fingerprint density at radius 3 is 2.67 bits per heavy atom. The van der Waals surface area contributed by atoms with Gasteiger partial charge in [-0.3, -0.25) is 0 Å². The smallest absolute Gasteiger partial charge is 0.299 e. The Hall–Kier alpha value is -1.33. The Morgan fingerprint density at radius 2 is 2.00 bits per heavy atom. The zero-order chi connectivity index (χ0) is 12.8. The van der Waals surface area contributed by atoms with Crippen LogP contribution in [0, 0.1) is 0 Å². The third-order valence-electron chi connectivity index (χ3n) is 2.07. The van der Waals surface area contributed by atoms with Crippen molar-refractivity contribution in [3.63, 3.8) is 0 Å². The van der Waals surface area contributed by atoms with E-state index in [0.717, 1.165) is 11.4 Å². The molecular weight excluding hydrogens is 272 g/mol. The van der Waals surface area contributed by atoms with Gasteiger partial charge in [-0.25, -0.2) is 0 Å². The molecule has 2 aromatic rings. The Morgan fingerprint density at radius 1 is 1.22 bits per heavy atom. The number of benzene rings is 1. The van der Waals surface area contributed by atoms with Gasteiger partial charge in [0, 0.05) is 0 Å². The van der Waals surface area contributed by atoms with Gasteiger partial charge < -0.3 is 9.47 Å². The fourth-order valence-electron chi connectivity index (χ4n) is 1.29. The zero-order valence-corrected chi connectivity index (χ0v) is 11.5. The van der Waals surface area contributed by atoms with Crippen molar-refractivity contribution in [3.8, 4) is 16.7 Å². The van der Waals surface area contributed by atoms with Crippen molar-refractivity contribution in [2.45, 2.75) is 19.2 Å². The second-order valence-electron chi connectivity index (χ2n) is 3.49. The van der Waals surface area contributed by atoms with Crippen molar-refractivity contribution in [2.24, 2.45) is 0 Å². The number of nitrogens with zero attached hydrogens (tertiary/aromatic N) is 2. The van der Waals surface area contributed by atoms with Crippen LogP contribution < -0.4 is 9.47 Å². The van der Waals surface area contributed by atoms with Crippen LogP contribution in [0.25, 0.3) is 0 Å². The predicted molar refractivity (Wildman–Crippen MR) is 71.8 cm³/mol. The SMILES string of the molecule is CCCOc1ccccc1Oc1nnc(CCl)s1. The lowest BCUT2D eigenvalue weighted by Gasteiger charge is -2.09. The van der Waals surface area contributed by atoms with Gasteiger partial charge >= 0.3 is 0 Å². The van der Waals surface area contributed by atoms with E-state index in [2.05, 4.69) is 17.1 Å². The molecule has 0 bridgehead atoms. The van der Waals surface area contributed by atoms with E-state index < -0.39 is 0 Å². The van der Waals surface area contributed by atoms with Gasteiger partial charge in [-0.15, -0.1) is 16.7 Å². The molecule has 96 valence electrons. The predicted octanol–water partition coefficient (Wildman–Crippen LogP) is 3.86. The van der Waals surface area contributed by atoms with Gasteiger partial charge in [0.1, 0.15) is 5.01 Å². The van der Waals surface area contributed by atoms with Crippen LogP contribution in [-0.4, -0.2) is 16.8 Å². The molecule has 0 fully saturated rings. The molecule has 2 rings (SSSR count). The standard InChI is InChI=1S/C12H13ClN2O2S/c1-2-7-16-9-5-3-4-6-10(9)17-12-15-14-11(8-13)18-12/h3-6H,2,7-8H2,1H3. The van der Waals surface area contributed by atoms with Gasteiger partial charge in [0.15, 0.2) is 11.5 Å². The van der Waals surface area contributed by atoms with E-state index in [0.29, 0.717) is 29.2 Å². The maximum Gasteiger partial charge on any atom is 0.299 e. The molecule has 1 heterocycles. The summed E-state index contributed by atoms with van der Waals surface area (Å²) >= 11 is 7.00. The van der Waals surface area contributed by atoms with Crippen LogP contribution in [0.3, 0.4) is 0 Å². The number of aromatic nitrogens is 2. The first-order valence-electron chi connectivity index (χ1n) is 5.61. The zero-order valence-electron chi connectivity index (χ0n) is 9.93. The summed E-state index contributed by atoms with van der Waals surface area (Å²) in [6.07, 6.45) is 0.948. The van der Waals surface area contributed by atoms with Crippen LogP contribution in [0.2, 0.25) is 0 Å². The molecule has 1 aromatic heterocycles. The summed E-state index contributed by atoms with van der Waals surface area (Å²) in [4.78, 5) is 0. The molecule has 4 nitrogen and oxygen atoms in total. The lowest BCUT2D eigenvalue weighted by Crippen LogP contribution is -1.97. The molecule has 0 aliphatic heterocycles. The molecule has 0 aliphatic carbocycles. The van der Waals surface area contributed by atoms with E-state index in [1.165, 1.54) is 11.3 Å². The average Bonchev–Trinajstić information content (AvgIpc) is 2.85. The number of rotatable bonds is 6. The summed E-state index contributed by atoms with van der Waals surface area (Å²) in [5, 5.41) is 9.01. The van der Waals surface area contributed by atoms with Crippen LogP contribution in [-0.2, 0) is 5.88 Å². The molecular formula is C12H13ClN2O2S. The molecule has 1 aromatic carbocycles. The van der Waals surface area contributed by atoms with Crippen LogP contribution in [0.1, 0.15) is 18.4 Å². The summed E-state index contributed by atoms with van der Waals surface area (Å²) in [5.41, 5.74) is 0. The molecule has 0 amide bonds. The Balaban J connectivity index is 2.12. The Bertz CT molecular complexity index is 504. The number of ether oxygens (including phenoxy) is 2. The highest BCUT2D eigenvalue weighted by Gasteiger charge is 2.09. The van der Waals surface area contributed by atoms with Gasteiger partial charge in [0.05, 0.1) is 12.5 Å². The molecule has 0 radical (unpaired) electrons. The van der Waals surface area contributed by atoms with Gasteiger partial charge in [-0.1, -0.05) is 35.5 Å². The monoisotopic (exact) mass is 284 g/mol. The average molecular weight is 285 g/mol. The highest BCUT2D eigenvalue weighted by molar-refractivity contribution is 7.13. The largest absolute Gasteiger partial charge is 0.490 e. The van der Waals surface area contributed by atoms with Crippen LogP contribution in [0.15, 0.2) is 24.3 Å². The minimum Gasteiger partial charge on any atom is -0.490 e. The van der Waals surface area contributed by atoms with E-state index in [1.807, 2.05) is 24.3 Å². The van der Waals surface area contributed by atoms with Crippen LogP contribution in [0.5, 0.6) is 16.7 Å². The van der Waals surface area contributed by atoms with Crippen molar-refractivity contribution in [2.75, 3.05) is 6.61 Å². The molecule has 0 unspecified atom stereocenters. The minimum atomic E-state index is 0.342. The number of alkyl halides is 1. The third-order valence-corrected chi connectivity index (χ3v) is 3.28. The molecule has 0 saturated heterocycles. The molecule has 18 heavy (non-hydrogen) atoms. The fraction of sp³-hybridized carbons (Fsp3) is 0.333. The second kappa shape index (κ2) is 6.56. The summed E-state index contributed by atoms with van der Waals surface area (Å²) in [7, 11) is 0. The first-order valence-corrected chi connectivity index (χ1v) is 6.96. The number of hydrogen-bond donors (Lipinski definition) is 0. The summed E-state index contributed by atoms with van der Waals surface area (Å²) in [6.45, 7) is 2.71. The third kappa shape index (κ3) is 3.34. The van der Waals surface area contributed by atoms with Crippen molar-refractivity contribution >= 4 is 22.9 Å². The topological polar surface area (TPSA) is 44.2 Å². The van der Waals surface area contributed by atoms with Gasteiger partial charge in [-0.05, 0) is 18.6 Å². The molecule has 0 spiro atoms. The lowest BCUT2D eigenvalue weighted by molar-refractivity contribution is 0.301. The van der Waals surface area contributed by atoms with Crippen molar-refractivity contribution in [3.05, 3.63) is 29.3 Å². The maximum atomic E-state index is 5.67. The number of para-hydroxylation sites is 2. The van der Waals surface area contributed by atoms with Crippen LogP contribution >= 0.6 is 22.9 Å². The van der Waals surface area contributed by atoms with Crippen molar-refractivity contribution in [1.29, 1.82) is 0 Å². The van der Waals surface area contributed by atoms with E-state index in [-0.39, 0.29) is 0 Å². The highest BCUT2D eigenvalue weighted by Crippen LogP contribution is 2.32. The van der Waals surface area contributed by atoms with Crippen molar-refractivity contribution in [1.82, 2.24) is 10.2 Å². The maximum absolute atomic E-state index is 5.67. The quantitative estimate of drug-likeness (QED) is 0.756. The Labute approximate surface area is 115 Å². The second-order valence-corrected chi connectivity index (χ2v) is 4.78. The first-order chi connectivity index (χ1) is 8.83. The van der Waals surface area contributed by atoms with Gasteiger partial charge in [0.25, 0.3) is 5.19 Å². The van der Waals surface area contributed by atoms with E-state index in [4.69, 9.17) is 21.1 Å².